The maximum absolute atomic E-state index is 13.1. The minimum Gasteiger partial charge on any atom is -0.450 e. The number of Topliss-reactive ketones (excluding diaryl/α,β-unsaturated/α-hetero) is 1. The number of furan rings is 1. The lowest BCUT2D eigenvalue weighted by atomic mass is 10.1. The average Bonchev–Trinajstić information content (AvgIpc) is 3.11. The van der Waals surface area contributed by atoms with Crippen LogP contribution in [-0.2, 0) is 0 Å². The van der Waals surface area contributed by atoms with Gasteiger partial charge in [0.1, 0.15) is 5.58 Å². The summed E-state index contributed by atoms with van der Waals surface area (Å²) in [5, 5.41) is 4.42. The molecule has 3 aromatic carbocycles. The van der Waals surface area contributed by atoms with Gasteiger partial charge in [-0.15, -0.1) is 0 Å². The second-order valence-electron chi connectivity index (χ2n) is 6.42. The quantitative estimate of drug-likeness (QED) is 0.334. The molecule has 4 rings (SSSR count). The molecule has 0 bridgehead atoms. The number of para-hydroxylation sites is 1. The molecule has 0 aliphatic heterocycles. The third-order valence-electron chi connectivity index (χ3n) is 4.50. The number of carbonyl (C=O) groups is 2. The molecule has 0 atom stereocenters. The molecule has 1 aromatic heterocycles. The summed E-state index contributed by atoms with van der Waals surface area (Å²) in [6.07, 6.45) is 0. The Labute approximate surface area is 180 Å². The van der Waals surface area contributed by atoms with Crippen LogP contribution in [0.3, 0.4) is 0 Å². The van der Waals surface area contributed by atoms with Crippen LogP contribution in [-0.4, -0.2) is 18.1 Å². The number of benzene rings is 3. The van der Waals surface area contributed by atoms with E-state index in [0.717, 1.165) is 9.86 Å². The predicted octanol–water partition coefficient (Wildman–Crippen LogP) is 6.37. The second kappa shape index (κ2) is 8.23. The molecule has 0 unspecified atom stereocenters. The number of hydrogen-bond donors (Lipinski definition) is 1. The molecule has 1 N–H and O–H groups in total. The SMILES string of the molecule is O=C(CNc1c(C(=O)c2ccc(Br)cc2)oc2ccccc12)c1ccc(Cl)cc1. The lowest BCUT2D eigenvalue weighted by molar-refractivity contribution is 0.0997. The molecule has 0 fully saturated rings. The summed E-state index contributed by atoms with van der Waals surface area (Å²) in [5.74, 6) is -0.193. The van der Waals surface area contributed by atoms with Crippen LogP contribution in [0.5, 0.6) is 0 Å². The first-order chi connectivity index (χ1) is 14.0. The molecule has 0 spiro atoms. The topological polar surface area (TPSA) is 59.3 Å². The average molecular weight is 469 g/mol. The Kier molecular flexibility index (Phi) is 5.51. The van der Waals surface area contributed by atoms with E-state index in [-0.39, 0.29) is 23.9 Å². The number of hydrogen-bond acceptors (Lipinski definition) is 4. The van der Waals surface area contributed by atoms with Crippen LogP contribution in [0.1, 0.15) is 26.5 Å². The van der Waals surface area contributed by atoms with Crippen molar-refractivity contribution in [2.75, 3.05) is 11.9 Å². The standard InChI is InChI=1S/C23H15BrClNO3/c24-16-9-5-15(6-10-16)22(28)23-21(18-3-1-2-4-20(18)29-23)26-13-19(27)14-7-11-17(25)12-8-14/h1-12,26H,13H2. The van der Waals surface area contributed by atoms with Gasteiger partial charge in [-0.3, -0.25) is 9.59 Å². The van der Waals surface area contributed by atoms with Crippen LogP contribution in [0, 0.1) is 0 Å². The number of anilines is 1. The Morgan fingerprint density at radius 3 is 2.28 bits per heavy atom. The molecule has 0 radical (unpaired) electrons. The summed E-state index contributed by atoms with van der Waals surface area (Å²) < 4.78 is 6.73. The highest BCUT2D eigenvalue weighted by Gasteiger charge is 2.22. The summed E-state index contributed by atoms with van der Waals surface area (Å²) in [7, 11) is 0. The minimum absolute atomic E-state index is 0.0196. The van der Waals surface area contributed by atoms with Crippen molar-refractivity contribution in [1.29, 1.82) is 0 Å². The van der Waals surface area contributed by atoms with E-state index in [1.807, 2.05) is 18.2 Å². The van der Waals surface area contributed by atoms with Crippen LogP contribution in [0.4, 0.5) is 5.69 Å². The number of nitrogens with one attached hydrogen (secondary N) is 1. The molecule has 0 aliphatic rings. The third-order valence-corrected chi connectivity index (χ3v) is 5.28. The van der Waals surface area contributed by atoms with Gasteiger partial charge in [-0.1, -0.05) is 39.7 Å². The fraction of sp³-hybridized carbons (Fsp3) is 0.0435. The molecule has 29 heavy (non-hydrogen) atoms. The largest absolute Gasteiger partial charge is 0.450 e. The van der Waals surface area contributed by atoms with Gasteiger partial charge in [0.15, 0.2) is 11.5 Å². The fourth-order valence-corrected chi connectivity index (χ4v) is 3.41. The van der Waals surface area contributed by atoms with Crippen LogP contribution in [0.15, 0.2) is 81.7 Å². The Hall–Kier alpha value is -2.89. The number of carbonyl (C=O) groups excluding carboxylic acids is 2. The van der Waals surface area contributed by atoms with E-state index in [4.69, 9.17) is 16.0 Å². The zero-order chi connectivity index (χ0) is 20.4. The van der Waals surface area contributed by atoms with E-state index in [9.17, 15) is 9.59 Å². The van der Waals surface area contributed by atoms with Crippen molar-refractivity contribution >= 4 is 55.8 Å². The van der Waals surface area contributed by atoms with Crippen LogP contribution in [0.2, 0.25) is 5.02 Å². The number of halogens is 2. The molecular weight excluding hydrogens is 454 g/mol. The normalized spacial score (nSPS) is 10.8. The van der Waals surface area contributed by atoms with E-state index in [0.29, 0.717) is 27.4 Å². The molecule has 0 saturated carbocycles. The summed E-state index contributed by atoms with van der Waals surface area (Å²) in [5.41, 5.74) is 2.13. The second-order valence-corrected chi connectivity index (χ2v) is 7.77. The van der Waals surface area contributed by atoms with Crippen LogP contribution >= 0.6 is 27.5 Å². The van der Waals surface area contributed by atoms with Gasteiger partial charge in [-0.2, -0.15) is 0 Å². The van der Waals surface area contributed by atoms with Gasteiger partial charge in [0.25, 0.3) is 0 Å². The smallest absolute Gasteiger partial charge is 0.230 e. The molecule has 0 amide bonds. The van der Waals surface area contributed by atoms with E-state index in [1.54, 1.807) is 54.6 Å². The van der Waals surface area contributed by atoms with E-state index in [2.05, 4.69) is 21.2 Å². The molecule has 1 heterocycles. The van der Waals surface area contributed by atoms with Crippen molar-refractivity contribution in [3.8, 4) is 0 Å². The van der Waals surface area contributed by atoms with Crippen molar-refractivity contribution in [3.05, 3.63) is 99.2 Å². The monoisotopic (exact) mass is 467 g/mol. The number of ketones is 2. The van der Waals surface area contributed by atoms with Gasteiger partial charge in [0.2, 0.25) is 5.78 Å². The van der Waals surface area contributed by atoms with Crippen molar-refractivity contribution in [2.24, 2.45) is 0 Å². The van der Waals surface area contributed by atoms with E-state index >= 15 is 0 Å². The van der Waals surface area contributed by atoms with Crippen LogP contribution < -0.4 is 5.32 Å². The maximum atomic E-state index is 13.1. The predicted molar refractivity (Wildman–Crippen MR) is 118 cm³/mol. The van der Waals surface area contributed by atoms with Gasteiger partial charge < -0.3 is 9.73 Å². The Morgan fingerprint density at radius 1 is 0.897 bits per heavy atom. The van der Waals surface area contributed by atoms with Crippen molar-refractivity contribution in [2.45, 2.75) is 0 Å². The first kappa shape index (κ1) is 19.4. The summed E-state index contributed by atoms with van der Waals surface area (Å²) in [6.45, 7) is 0.0196. The highest BCUT2D eigenvalue weighted by molar-refractivity contribution is 9.10. The highest BCUT2D eigenvalue weighted by Crippen LogP contribution is 2.32. The van der Waals surface area contributed by atoms with Gasteiger partial charge >= 0.3 is 0 Å². The lowest BCUT2D eigenvalue weighted by Gasteiger charge is -2.07. The first-order valence-corrected chi connectivity index (χ1v) is 10.0. The van der Waals surface area contributed by atoms with E-state index < -0.39 is 0 Å². The van der Waals surface area contributed by atoms with Gasteiger partial charge in [-0.25, -0.2) is 0 Å². The molecular formula is C23H15BrClNO3. The summed E-state index contributed by atoms with van der Waals surface area (Å²) in [4.78, 5) is 25.6. The first-order valence-electron chi connectivity index (χ1n) is 8.87. The van der Waals surface area contributed by atoms with Gasteiger partial charge in [0, 0.05) is 26.0 Å². The Morgan fingerprint density at radius 2 is 1.55 bits per heavy atom. The lowest BCUT2D eigenvalue weighted by Crippen LogP contribution is -2.15. The van der Waals surface area contributed by atoms with E-state index in [1.165, 1.54) is 0 Å². The molecule has 4 aromatic rings. The number of fused-ring (bicyclic) bond motifs is 1. The minimum atomic E-state index is -0.254. The van der Waals surface area contributed by atoms with Crippen molar-refractivity contribution < 1.29 is 14.0 Å². The third kappa shape index (κ3) is 4.11. The molecule has 4 nitrogen and oxygen atoms in total. The molecule has 0 aliphatic carbocycles. The van der Waals surface area contributed by atoms with Crippen LogP contribution in [0.25, 0.3) is 11.0 Å². The molecule has 0 saturated heterocycles. The van der Waals surface area contributed by atoms with Crippen molar-refractivity contribution in [1.82, 2.24) is 0 Å². The number of rotatable bonds is 6. The zero-order valence-corrected chi connectivity index (χ0v) is 17.5. The van der Waals surface area contributed by atoms with Gasteiger partial charge in [-0.05, 0) is 60.7 Å². The molecule has 6 heteroatoms. The van der Waals surface area contributed by atoms with Crippen molar-refractivity contribution in [3.63, 3.8) is 0 Å². The zero-order valence-electron chi connectivity index (χ0n) is 15.1. The van der Waals surface area contributed by atoms with Gasteiger partial charge in [0.05, 0.1) is 12.2 Å². The fourth-order valence-electron chi connectivity index (χ4n) is 3.02. The summed E-state index contributed by atoms with van der Waals surface area (Å²) >= 11 is 9.25. The highest BCUT2D eigenvalue weighted by atomic mass is 79.9. The molecule has 144 valence electrons. The maximum Gasteiger partial charge on any atom is 0.230 e. The summed E-state index contributed by atoms with van der Waals surface area (Å²) in [6, 6.07) is 21.1. The Bertz CT molecular complexity index is 1200. The Balaban J connectivity index is 1.66.